The third kappa shape index (κ3) is 3.25. The van der Waals surface area contributed by atoms with Gasteiger partial charge in [0.2, 0.25) is 0 Å². The highest BCUT2D eigenvalue weighted by Crippen LogP contribution is 2.39. The first-order valence-electron chi connectivity index (χ1n) is 6.34. The first-order chi connectivity index (χ1) is 9.45. The molecule has 0 saturated carbocycles. The number of hydrogen-bond acceptors (Lipinski definition) is 3. The number of aliphatic hydroxyl groups excluding tert-OH is 1. The van der Waals surface area contributed by atoms with Crippen molar-refractivity contribution in [2.75, 3.05) is 32.8 Å². The van der Waals surface area contributed by atoms with Gasteiger partial charge >= 0.3 is 0 Å². The molecule has 1 aliphatic heterocycles. The molecule has 112 valence electrons. The molecule has 1 aromatic rings. The van der Waals surface area contributed by atoms with Crippen molar-refractivity contribution in [1.82, 2.24) is 10.2 Å². The molecule has 2 N–H and O–H groups in total. The summed E-state index contributed by atoms with van der Waals surface area (Å²) < 4.78 is 41.3. The largest absolute Gasteiger partial charge is 0.390 e. The van der Waals surface area contributed by atoms with Crippen molar-refractivity contribution in [3.05, 3.63) is 34.6 Å². The maximum absolute atomic E-state index is 14.1. The number of nitrogens with one attached hydrogen (secondary N) is 1. The molecule has 1 heterocycles. The van der Waals surface area contributed by atoms with Crippen LogP contribution in [0.4, 0.5) is 13.2 Å². The van der Waals surface area contributed by atoms with Crippen molar-refractivity contribution in [1.29, 1.82) is 0 Å². The average molecular weight is 309 g/mol. The summed E-state index contributed by atoms with van der Waals surface area (Å²) in [4.78, 5) is 1.56. The van der Waals surface area contributed by atoms with E-state index in [-0.39, 0.29) is 10.6 Å². The number of aliphatic hydroxyl groups is 1. The third-order valence-corrected chi connectivity index (χ3v) is 3.71. The van der Waals surface area contributed by atoms with Gasteiger partial charge in [0.25, 0.3) is 5.92 Å². The number of alkyl halides is 2. The van der Waals surface area contributed by atoms with Crippen LogP contribution < -0.4 is 5.32 Å². The zero-order chi connectivity index (χ0) is 14.8. The minimum Gasteiger partial charge on any atom is -0.390 e. The van der Waals surface area contributed by atoms with E-state index < -0.39 is 24.4 Å². The van der Waals surface area contributed by atoms with E-state index in [9.17, 15) is 13.2 Å². The highest BCUT2D eigenvalue weighted by molar-refractivity contribution is 6.31. The Bertz CT molecular complexity index is 467. The summed E-state index contributed by atoms with van der Waals surface area (Å²) in [5.41, 5.74) is 0.133. The fraction of sp³-hybridized carbons (Fsp3) is 0.538. The molecular weight excluding hydrogens is 293 g/mol. The van der Waals surface area contributed by atoms with Crippen LogP contribution in [0.1, 0.15) is 11.6 Å². The van der Waals surface area contributed by atoms with Crippen LogP contribution in [0.2, 0.25) is 5.02 Å². The minimum atomic E-state index is -3.35. The summed E-state index contributed by atoms with van der Waals surface area (Å²) in [6, 6.07) is 2.01. The Morgan fingerprint density at radius 1 is 1.35 bits per heavy atom. The molecule has 2 rings (SSSR count). The lowest BCUT2D eigenvalue weighted by Gasteiger charge is -2.39. The van der Waals surface area contributed by atoms with Crippen molar-refractivity contribution in [3.63, 3.8) is 0 Å². The second-order valence-electron chi connectivity index (χ2n) is 4.77. The number of halogens is 4. The summed E-state index contributed by atoms with van der Waals surface area (Å²) >= 11 is 5.91. The van der Waals surface area contributed by atoms with E-state index in [1.807, 2.05) is 0 Å². The van der Waals surface area contributed by atoms with Crippen molar-refractivity contribution < 1.29 is 18.3 Å². The monoisotopic (exact) mass is 308 g/mol. The maximum Gasteiger partial charge on any atom is 0.289 e. The fourth-order valence-corrected chi connectivity index (χ4v) is 2.71. The van der Waals surface area contributed by atoms with Gasteiger partial charge < -0.3 is 10.4 Å². The van der Waals surface area contributed by atoms with Crippen LogP contribution in [-0.2, 0) is 0 Å². The molecule has 7 heteroatoms. The number of benzene rings is 1. The Morgan fingerprint density at radius 3 is 2.55 bits per heavy atom. The highest BCUT2D eigenvalue weighted by Gasteiger charge is 2.44. The van der Waals surface area contributed by atoms with Gasteiger partial charge in [0.05, 0.1) is 0 Å². The first-order valence-corrected chi connectivity index (χ1v) is 6.72. The molecule has 1 aliphatic rings. The summed E-state index contributed by atoms with van der Waals surface area (Å²) in [5, 5.41) is 12.0. The molecular formula is C13H16ClF3N2O. The van der Waals surface area contributed by atoms with Crippen LogP contribution in [0.3, 0.4) is 0 Å². The summed E-state index contributed by atoms with van der Waals surface area (Å²) in [7, 11) is 0. The van der Waals surface area contributed by atoms with Crippen LogP contribution in [0.5, 0.6) is 0 Å². The van der Waals surface area contributed by atoms with Crippen LogP contribution in [0.15, 0.2) is 18.2 Å². The van der Waals surface area contributed by atoms with Crippen LogP contribution in [-0.4, -0.2) is 48.7 Å². The molecule has 1 aromatic carbocycles. The molecule has 1 fully saturated rings. The van der Waals surface area contributed by atoms with E-state index in [2.05, 4.69) is 5.32 Å². The number of rotatable bonds is 4. The normalized spacial score (nSPS) is 19.1. The van der Waals surface area contributed by atoms with E-state index >= 15 is 0 Å². The third-order valence-electron chi connectivity index (χ3n) is 3.38. The SMILES string of the molecule is OCC(F)(F)[C@H](c1ccc(F)cc1Cl)N1CCNCC1. The standard InChI is InChI=1S/C13H16ClF3N2O/c14-11-7-9(15)1-2-10(11)12(13(16,17)8-20)19-5-3-18-4-6-19/h1-2,7,12,18,20H,3-6,8H2/t12-/m0/s1. The molecule has 0 aliphatic carbocycles. The molecule has 0 aromatic heterocycles. The van der Waals surface area contributed by atoms with Crippen molar-refractivity contribution in [3.8, 4) is 0 Å². The second-order valence-corrected chi connectivity index (χ2v) is 5.18. The van der Waals surface area contributed by atoms with E-state index in [0.29, 0.717) is 26.2 Å². The van der Waals surface area contributed by atoms with Gasteiger partial charge in [-0.2, -0.15) is 0 Å². The Kier molecular flexibility index (Phi) is 4.90. The lowest BCUT2D eigenvalue weighted by atomic mass is 9.98. The van der Waals surface area contributed by atoms with Crippen molar-refractivity contribution in [2.45, 2.75) is 12.0 Å². The zero-order valence-corrected chi connectivity index (χ0v) is 11.5. The first kappa shape index (κ1) is 15.6. The van der Waals surface area contributed by atoms with Gasteiger partial charge in [0.1, 0.15) is 18.5 Å². The zero-order valence-electron chi connectivity index (χ0n) is 10.8. The summed E-state index contributed by atoms with van der Waals surface area (Å²) in [5.74, 6) is -3.93. The summed E-state index contributed by atoms with van der Waals surface area (Å²) in [6.45, 7) is 0.699. The van der Waals surface area contributed by atoms with E-state index in [0.717, 1.165) is 12.1 Å². The van der Waals surface area contributed by atoms with Crippen molar-refractivity contribution >= 4 is 11.6 Å². The van der Waals surface area contributed by atoms with Gasteiger partial charge in [-0.15, -0.1) is 0 Å². The molecule has 0 radical (unpaired) electrons. The quantitative estimate of drug-likeness (QED) is 0.894. The predicted octanol–water partition coefficient (Wildman–Crippen LogP) is 2.05. The second kappa shape index (κ2) is 6.30. The van der Waals surface area contributed by atoms with E-state index in [1.165, 1.54) is 6.07 Å². The van der Waals surface area contributed by atoms with Gasteiger partial charge in [-0.05, 0) is 17.7 Å². The molecule has 0 bridgehead atoms. The smallest absolute Gasteiger partial charge is 0.289 e. The van der Waals surface area contributed by atoms with Crippen molar-refractivity contribution in [2.24, 2.45) is 0 Å². The molecule has 3 nitrogen and oxygen atoms in total. The minimum absolute atomic E-state index is 0.0540. The van der Waals surface area contributed by atoms with Gasteiger partial charge in [0.15, 0.2) is 0 Å². The highest BCUT2D eigenvalue weighted by atomic mass is 35.5. The molecule has 1 saturated heterocycles. The Balaban J connectivity index is 2.39. The summed E-state index contributed by atoms with van der Waals surface area (Å²) in [6.07, 6.45) is 0. The van der Waals surface area contributed by atoms with Gasteiger partial charge in [-0.25, -0.2) is 13.2 Å². The molecule has 0 spiro atoms. The predicted molar refractivity (Wildman–Crippen MR) is 70.6 cm³/mol. The van der Waals surface area contributed by atoms with E-state index in [1.54, 1.807) is 4.90 Å². The Hall–Kier alpha value is -0.820. The van der Waals surface area contributed by atoms with Gasteiger partial charge in [-0.1, -0.05) is 17.7 Å². The Labute approximate surface area is 120 Å². The van der Waals surface area contributed by atoms with E-state index in [4.69, 9.17) is 16.7 Å². The van der Waals surface area contributed by atoms with Crippen LogP contribution in [0, 0.1) is 5.82 Å². The molecule has 1 atom stereocenters. The van der Waals surface area contributed by atoms with Crippen LogP contribution >= 0.6 is 11.6 Å². The fourth-order valence-electron chi connectivity index (χ4n) is 2.44. The number of hydrogen-bond donors (Lipinski definition) is 2. The molecule has 0 amide bonds. The van der Waals surface area contributed by atoms with Crippen LogP contribution in [0.25, 0.3) is 0 Å². The lowest BCUT2D eigenvalue weighted by molar-refractivity contribution is -0.118. The van der Waals surface area contributed by atoms with Gasteiger partial charge in [0, 0.05) is 31.2 Å². The maximum atomic E-state index is 14.1. The topological polar surface area (TPSA) is 35.5 Å². The Morgan fingerprint density at radius 2 is 2.00 bits per heavy atom. The average Bonchev–Trinajstić information content (AvgIpc) is 2.43. The lowest BCUT2D eigenvalue weighted by Crippen LogP contribution is -2.51. The number of nitrogens with zero attached hydrogens (tertiary/aromatic N) is 1. The molecule has 20 heavy (non-hydrogen) atoms. The molecule has 0 unspecified atom stereocenters. The van der Waals surface area contributed by atoms with Gasteiger partial charge in [-0.3, -0.25) is 4.90 Å². The number of piperazine rings is 1.